The van der Waals surface area contributed by atoms with Crippen molar-refractivity contribution in [3.8, 4) is 11.5 Å². The molecule has 1 aromatic heterocycles. The van der Waals surface area contributed by atoms with E-state index in [-0.39, 0.29) is 18.1 Å². The Morgan fingerprint density at radius 2 is 1.95 bits per heavy atom. The summed E-state index contributed by atoms with van der Waals surface area (Å²) in [6, 6.07) is 9.10. The Hall–Kier alpha value is -2.51. The lowest BCUT2D eigenvalue weighted by atomic mass is 9.95. The summed E-state index contributed by atoms with van der Waals surface area (Å²) in [7, 11) is 0. The Kier molecular flexibility index (Phi) is 9.09. The number of amides is 1. The standard InChI is InChI=1S/C27H30BrIN4O5/c1-5-37-22-13-17(12-20(29)24(22)38-16-23(34)32-8-10-36-11-9-32)15-30-33-25(35)19-14-18(28)6-7-21(19)31-26(33)27(2,3)4/h6-7,12-15H,5,8-11,16H2,1-4H3. The molecule has 0 N–H and O–H groups in total. The first-order valence-corrected chi connectivity index (χ1v) is 14.2. The van der Waals surface area contributed by atoms with Crippen molar-refractivity contribution in [1.82, 2.24) is 14.6 Å². The second kappa shape index (κ2) is 12.1. The highest BCUT2D eigenvalue weighted by atomic mass is 127. The van der Waals surface area contributed by atoms with E-state index < -0.39 is 5.41 Å². The molecule has 1 amide bonds. The molecule has 4 rings (SSSR count). The minimum Gasteiger partial charge on any atom is -0.490 e. The number of fused-ring (bicyclic) bond motifs is 1. The molecule has 1 aliphatic rings. The highest BCUT2D eigenvalue weighted by Crippen LogP contribution is 2.34. The highest BCUT2D eigenvalue weighted by Gasteiger charge is 2.23. The molecule has 2 heterocycles. The van der Waals surface area contributed by atoms with E-state index in [4.69, 9.17) is 19.2 Å². The largest absolute Gasteiger partial charge is 0.490 e. The van der Waals surface area contributed by atoms with Gasteiger partial charge in [-0.3, -0.25) is 9.59 Å². The van der Waals surface area contributed by atoms with Gasteiger partial charge in [-0.1, -0.05) is 36.7 Å². The average Bonchev–Trinajstić information content (AvgIpc) is 2.88. The van der Waals surface area contributed by atoms with Gasteiger partial charge in [0.05, 0.1) is 40.5 Å². The summed E-state index contributed by atoms with van der Waals surface area (Å²) < 4.78 is 20.0. The maximum atomic E-state index is 13.4. The molecule has 1 aliphatic heterocycles. The molecule has 0 unspecified atom stereocenters. The second-order valence-corrected chi connectivity index (χ2v) is 11.8. The number of aromatic nitrogens is 2. The maximum absolute atomic E-state index is 13.4. The van der Waals surface area contributed by atoms with Crippen LogP contribution in [0.2, 0.25) is 0 Å². The number of nitrogens with zero attached hydrogens (tertiary/aromatic N) is 4. The van der Waals surface area contributed by atoms with Crippen molar-refractivity contribution in [2.45, 2.75) is 33.1 Å². The van der Waals surface area contributed by atoms with Crippen molar-refractivity contribution in [3.05, 3.63) is 60.1 Å². The Morgan fingerprint density at radius 3 is 2.63 bits per heavy atom. The summed E-state index contributed by atoms with van der Waals surface area (Å²) in [5.41, 5.74) is 0.661. The number of hydrogen-bond donors (Lipinski definition) is 0. The minimum absolute atomic E-state index is 0.0911. The Bertz CT molecular complexity index is 1430. The van der Waals surface area contributed by atoms with Crippen LogP contribution in [0.3, 0.4) is 0 Å². The normalized spacial score (nSPS) is 14.3. The van der Waals surface area contributed by atoms with Crippen molar-refractivity contribution in [3.63, 3.8) is 0 Å². The van der Waals surface area contributed by atoms with E-state index in [0.29, 0.717) is 66.7 Å². The number of halogens is 2. The molecule has 3 aromatic rings. The van der Waals surface area contributed by atoms with E-state index in [1.54, 1.807) is 23.2 Å². The van der Waals surface area contributed by atoms with Crippen LogP contribution < -0.4 is 15.0 Å². The van der Waals surface area contributed by atoms with Crippen molar-refractivity contribution >= 4 is 61.5 Å². The average molecular weight is 697 g/mol. The Morgan fingerprint density at radius 1 is 1.21 bits per heavy atom. The van der Waals surface area contributed by atoms with Crippen LogP contribution in [0.15, 0.2) is 44.7 Å². The van der Waals surface area contributed by atoms with Crippen LogP contribution in [0, 0.1) is 3.57 Å². The zero-order valence-electron chi connectivity index (χ0n) is 21.8. The second-order valence-electron chi connectivity index (χ2n) is 9.75. The van der Waals surface area contributed by atoms with Crippen LogP contribution in [-0.4, -0.2) is 66.2 Å². The molecule has 0 spiro atoms. The number of carbonyl (C=O) groups excluding carboxylic acids is 1. The van der Waals surface area contributed by atoms with Gasteiger partial charge >= 0.3 is 0 Å². The van der Waals surface area contributed by atoms with Crippen molar-refractivity contribution in [2.24, 2.45) is 5.10 Å². The van der Waals surface area contributed by atoms with Gasteiger partial charge in [-0.2, -0.15) is 9.78 Å². The highest BCUT2D eigenvalue weighted by molar-refractivity contribution is 14.1. The fourth-order valence-corrected chi connectivity index (χ4v) is 5.11. The first-order chi connectivity index (χ1) is 18.1. The molecular formula is C27H30BrIN4O5. The molecule has 9 nitrogen and oxygen atoms in total. The number of carbonyl (C=O) groups is 1. The predicted molar refractivity (Wildman–Crippen MR) is 159 cm³/mol. The Labute approximate surface area is 243 Å². The molecule has 0 aliphatic carbocycles. The van der Waals surface area contributed by atoms with E-state index in [0.717, 1.165) is 8.04 Å². The SMILES string of the molecule is CCOc1cc(C=Nn2c(C(C)(C)C)nc3ccc(Br)cc3c2=O)cc(I)c1OCC(=O)N1CCOCC1. The van der Waals surface area contributed by atoms with Gasteiger partial charge in [0, 0.05) is 23.0 Å². The van der Waals surface area contributed by atoms with Gasteiger partial charge in [0.2, 0.25) is 0 Å². The van der Waals surface area contributed by atoms with Gasteiger partial charge in [0.1, 0.15) is 5.82 Å². The van der Waals surface area contributed by atoms with Crippen LogP contribution in [0.5, 0.6) is 11.5 Å². The number of rotatable bonds is 7. The molecule has 0 bridgehead atoms. The third kappa shape index (κ3) is 6.55. The van der Waals surface area contributed by atoms with Crippen LogP contribution >= 0.6 is 38.5 Å². The van der Waals surface area contributed by atoms with Crippen LogP contribution in [0.4, 0.5) is 0 Å². The van der Waals surface area contributed by atoms with Crippen molar-refractivity contribution < 1.29 is 19.0 Å². The monoisotopic (exact) mass is 696 g/mol. The van der Waals surface area contributed by atoms with Gasteiger partial charge in [-0.25, -0.2) is 4.98 Å². The minimum atomic E-state index is -0.423. The van der Waals surface area contributed by atoms with E-state index in [2.05, 4.69) is 43.6 Å². The molecule has 0 saturated carbocycles. The summed E-state index contributed by atoms with van der Waals surface area (Å²) >= 11 is 5.59. The van der Waals surface area contributed by atoms with Gasteiger partial charge in [0.25, 0.3) is 11.5 Å². The summed E-state index contributed by atoms with van der Waals surface area (Å²) in [4.78, 5) is 32.5. The third-order valence-corrected chi connectivity index (χ3v) is 7.13. The van der Waals surface area contributed by atoms with Crippen molar-refractivity contribution in [2.75, 3.05) is 39.5 Å². The lowest BCUT2D eigenvalue weighted by molar-refractivity contribution is -0.137. The molecule has 2 aromatic carbocycles. The maximum Gasteiger partial charge on any atom is 0.282 e. The fraction of sp³-hybridized carbons (Fsp3) is 0.407. The smallest absolute Gasteiger partial charge is 0.282 e. The molecule has 38 heavy (non-hydrogen) atoms. The summed E-state index contributed by atoms with van der Waals surface area (Å²) in [5.74, 6) is 1.45. The van der Waals surface area contributed by atoms with Crippen LogP contribution in [0.25, 0.3) is 10.9 Å². The lowest BCUT2D eigenvalue weighted by Crippen LogP contribution is -2.43. The van der Waals surface area contributed by atoms with E-state index >= 15 is 0 Å². The molecule has 0 radical (unpaired) electrons. The fourth-order valence-electron chi connectivity index (χ4n) is 3.97. The van der Waals surface area contributed by atoms with E-state index in [1.807, 2.05) is 45.9 Å². The quantitative estimate of drug-likeness (QED) is 0.265. The first-order valence-electron chi connectivity index (χ1n) is 12.3. The van der Waals surface area contributed by atoms with E-state index in [9.17, 15) is 9.59 Å². The van der Waals surface area contributed by atoms with Crippen LogP contribution in [0.1, 0.15) is 39.1 Å². The van der Waals surface area contributed by atoms with Crippen LogP contribution in [-0.2, 0) is 14.9 Å². The number of benzene rings is 2. The zero-order chi connectivity index (χ0) is 27.4. The molecular weight excluding hydrogens is 667 g/mol. The van der Waals surface area contributed by atoms with Gasteiger partial charge in [-0.15, -0.1) is 0 Å². The molecule has 1 saturated heterocycles. The molecule has 202 valence electrons. The number of ether oxygens (including phenoxy) is 3. The first kappa shape index (κ1) is 28.5. The van der Waals surface area contributed by atoms with E-state index in [1.165, 1.54) is 4.68 Å². The summed E-state index contributed by atoms with van der Waals surface area (Å²) in [6.45, 7) is 10.4. The molecule has 0 atom stereocenters. The lowest BCUT2D eigenvalue weighted by Gasteiger charge is -2.27. The number of morpholine rings is 1. The van der Waals surface area contributed by atoms with Crippen molar-refractivity contribution in [1.29, 1.82) is 0 Å². The molecule has 1 fully saturated rings. The number of hydrogen-bond acceptors (Lipinski definition) is 7. The third-order valence-electron chi connectivity index (χ3n) is 5.84. The predicted octanol–water partition coefficient (Wildman–Crippen LogP) is 4.58. The van der Waals surface area contributed by atoms with Gasteiger partial charge < -0.3 is 19.1 Å². The summed E-state index contributed by atoms with van der Waals surface area (Å²) in [6.07, 6.45) is 1.61. The summed E-state index contributed by atoms with van der Waals surface area (Å²) in [5, 5.41) is 5.03. The Balaban J connectivity index is 1.67. The topological polar surface area (TPSA) is 95.2 Å². The van der Waals surface area contributed by atoms with Gasteiger partial charge in [0.15, 0.2) is 18.1 Å². The van der Waals surface area contributed by atoms with Gasteiger partial charge in [-0.05, 0) is 65.4 Å². The zero-order valence-corrected chi connectivity index (χ0v) is 25.5. The molecule has 11 heteroatoms.